The van der Waals surface area contributed by atoms with Gasteiger partial charge >= 0.3 is 0 Å². The maximum Gasteiger partial charge on any atom is 0.155 e. The van der Waals surface area contributed by atoms with E-state index in [0.717, 1.165) is 11.3 Å². The first kappa shape index (κ1) is 8.69. The van der Waals surface area contributed by atoms with Crippen LogP contribution in [0.1, 0.15) is 0 Å². The smallest absolute Gasteiger partial charge is 0.155 e. The second kappa shape index (κ2) is 3.87. The Morgan fingerprint density at radius 2 is 1.71 bits per heavy atom. The van der Waals surface area contributed by atoms with Crippen molar-refractivity contribution in [2.75, 3.05) is 5.54 Å². The third-order valence-electron chi connectivity index (χ3n) is 1.92. The van der Waals surface area contributed by atoms with Crippen molar-refractivity contribution in [2.24, 2.45) is 0 Å². The van der Waals surface area contributed by atoms with Crippen LogP contribution in [0.25, 0.3) is 11.3 Å². The quantitative estimate of drug-likeness (QED) is 0.732. The van der Waals surface area contributed by atoms with Crippen LogP contribution in [0.15, 0.2) is 48.5 Å². The van der Waals surface area contributed by atoms with Crippen molar-refractivity contribution >= 4 is 5.82 Å². The molecule has 0 unspecified atom stereocenters. The van der Waals surface area contributed by atoms with E-state index in [1.807, 2.05) is 36.4 Å². The lowest BCUT2D eigenvalue weighted by Crippen LogP contribution is -1.89. The Balaban J connectivity index is 2.42. The number of pyridine rings is 1. The van der Waals surface area contributed by atoms with E-state index in [1.54, 1.807) is 12.1 Å². The zero-order valence-electron chi connectivity index (χ0n) is 7.44. The Morgan fingerprint density at radius 1 is 0.929 bits per heavy atom. The second-order valence-corrected chi connectivity index (χ2v) is 2.87. The molecular weight excluding hydrogens is 179 g/mol. The first-order valence-electron chi connectivity index (χ1n) is 4.29. The first-order valence-corrected chi connectivity index (χ1v) is 4.29. The molecule has 0 spiro atoms. The van der Waals surface area contributed by atoms with E-state index in [4.69, 9.17) is 0 Å². The molecule has 2 rings (SSSR count). The molecule has 3 heteroatoms. The number of anilines is 1. The fraction of sp³-hybridized carbons (Fsp3) is 0. The van der Waals surface area contributed by atoms with Gasteiger partial charge in [-0.25, -0.2) is 10.5 Å². The number of nitrogens with one attached hydrogen (secondary N) is 1. The predicted molar refractivity (Wildman–Crippen MR) is 54.4 cm³/mol. The van der Waals surface area contributed by atoms with Crippen LogP contribution in [0, 0.1) is 0 Å². The Labute approximate surface area is 81.4 Å². The molecular formula is C11H9FN2. The average molecular weight is 188 g/mol. The highest BCUT2D eigenvalue weighted by Crippen LogP contribution is 2.17. The van der Waals surface area contributed by atoms with Crippen LogP contribution in [0.3, 0.4) is 0 Å². The van der Waals surface area contributed by atoms with Gasteiger partial charge in [-0.1, -0.05) is 36.4 Å². The van der Waals surface area contributed by atoms with Crippen molar-refractivity contribution in [3.05, 3.63) is 48.5 Å². The number of hydrogen-bond donors (Lipinski definition) is 1. The lowest BCUT2D eigenvalue weighted by molar-refractivity contribution is 0.612. The summed E-state index contributed by atoms with van der Waals surface area (Å²) in [6.45, 7) is 0. The van der Waals surface area contributed by atoms with Crippen LogP contribution in [0.2, 0.25) is 0 Å². The van der Waals surface area contributed by atoms with E-state index in [1.165, 1.54) is 5.54 Å². The molecule has 0 saturated carbocycles. The third-order valence-corrected chi connectivity index (χ3v) is 1.92. The Hall–Kier alpha value is -1.90. The molecule has 70 valence electrons. The molecule has 0 fully saturated rings. The highest BCUT2D eigenvalue weighted by Gasteiger charge is 1.98. The molecule has 0 aliphatic rings. The highest BCUT2D eigenvalue weighted by molar-refractivity contribution is 5.60. The van der Waals surface area contributed by atoms with E-state index in [0.29, 0.717) is 0 Å². The molecule has 1 aromatic carbocycles. The van der Waals surface area contributed by atoms with Gasteiger partial charge in [-0.15, -0.1) is 4.48 Å². The maximum absolute atomic E-state index is 12.1. The average Bonchev–Trinajstić information content (AvgIpc) is 2.30. The number of benzene rings is 1. The van der Waals surface area contributed by atoms with E-state index in [9.17, 15) is 4.48 Å². The molecule has 0 amide bonds. The maximum atomic E-state index is 12.1. The zero-order valence-corrected chi connectivity index (χ0v) is 7.44. The highest BCUT2D eigenvalue weighted by atomic mass is 19.2. The van der Waals surface area contributed by atoms with Gasteiger partial charge in [0.25, 0.3) is 0 Å². The van der Waals surface area contributed by atoms with Gasteiger partial charge in [-0.05, 0) is 12.1 Å². The molecule has 2 aromatic rings. The Morgan fingerprint density at radius 3 is 2.43 bits per heavy atom. The van der Waals surface area contributed by atoms with Gasteiger partial charge in [0.1, 0.15) is 0 Å². The van der Waals surface area contributed by atoms with Crippen molar-refractivity contribution in [3.8, 4) is 11.3 Å². The third kappa shape index (κ3) is 1.71. The summed E-state index contributed by atoms with van der Waals surface area (Å²) < 4.78 is 12.1. The number of rotatable bonds is 2. The molecule has 0 bridgehead atoms. The minimum atomic E-state index is 0.228. The molecule has 1 N–H and O–H groups in total. The van der Waals surface area contributed by atoms with E-state index < -0.39 is 0 Å². The van der Waals surface area contributed by atoms with Gasteiger partial charge in [0.15, 0.2) is 5.82 Å². The monoisotopic (exact) mass is 188 g/mol. The summed E-state index contributed by atoms with van der Waals surface area (Å²) in [4.78, 5) is 4.08. The summed E-state index contributed by atoms with van der Waals surface area (Å²) >= 11 is 0. The molecule has 0 saturated heterocycles. The van der Waals surface area contributed by atoms with Crippen LogP contribution in [0.4, 0.5) is 10.3 Å². The van der Waals surface area contributed by atoms with E-state index in [2.05, 4.69) is 4.98 Å². The summed E-state index contributed by atoms with van der Waals surface area (Å²) in [6.07, 6.45) is 0. The van der Waals surface area contributed by atoms with Crippen LogP contribution < -0.4 is 5.54 Å². The summed E-state index contributed by atoms with van der Waals surface area (Å²) in [5, 5.41) is 0. The predicted octanol–water partition coefficient (Wildman–Crippen LogP) is 3.05. The lowest BCUT2D eigenvalue weighted by atomic mass is 10.1. The summed E-state index contributed by atoms with van der Waals surface area (Å²) in [6, 6.07) is 14.8. The van der Waals surface area contributed by atoms with E-state index >= 15 is 0 Å². The minimum absolute atomic E-state index is 0.228. The molecule has 0 atom stereocenters. The fourth-order valence-electron chi connectivity index (χ4n) is 1.26. The molecule has 2 nitrogen and oxygen atoms in total. The van der Waals surface area contributed by atoms with Gasteiger partial charge in [0.05, 0.1) is 5.69 Å². The normalized spacial score (nSPS) is 9.79. The van der Waals surface area contributed by atoms with Crippen molar-refractivity contribution in [1.29, 1.82) is 0 Å². The summed E-state index contributed by atoms with van der Waals surface area (Å²) in [5.41, 5.74) is 3.26. The Kier molecular flexibility index (Phi) is 2.40. The first-order chi connectivity index (χ1) is 6.90. The summed E-state index contributed by atoms with van der Waals surface area (Å²) in [5.74, 6) is 0.228. The molecule has 14 heavy (non-hydrogen) atoms. The zero-order chi connectivity index (χ0) is 9.80. The molecule has 0 aliphatic heterocycles. The topological polar surface area (TPSA) is 24.9 Å². The van der Waals surface area contributed by atoms with E-state index in [-0.39, 0.29) is 5.82 Å². The van der Waals surface area contributed by atoms with Crippen molar-refractivity contribution < 1.29 is 4.48 Å². The molecule has 0 radical (unpaired) electrons. The van der Waals surface area contributed by atoms with Gasteiger partial charge in [-0.3, -0.25) is 0 Å². The number of halogens is 1. The molecule has 1 aromatic heterocycles. The van der Waals surface area contributed by atoms with Crippen molar-refractivity contribution in [1.82, 2.24) is 4.98 Å². The standard InChI is InChI=1S/C11H9FN2/c12-14-11-8-4-7-10(13-11)9-5-2-1-3-6-9/h1-8H,(H,13,14). The number of aromatic nitrogens is 1. The van der Waals surface area contributed by atoms with Crippen LogP contribution in [0.5, 0.6) is 0 Å². The van der Waals surface area contributed by atoms with Crippen LogP contribution in [-0.4, -0.2) is 4.98 Å². The van der Waals surface area contributed by atoms with Crippen LogP contribution >= 0.6 is 0 Å². The summed E-state index contributed by atoms with van der Waals surface area (Å²) in [7, 11) is 0. The largest absolute Gasteiger partial charge is 0.229 e. The molecule has 1 heterocycles. The SMILES string of the molecule is FNc1cccc(-c2ccccc2)n1. The van der Waals surface area contributed by atoms with Gasteiger partial charge in [0, 0.05) is 5.56 Å². The Bertz CT molecular complexity index is 415. The second-order valence-electron chi connectivity index (χ2n) is 2.87. The van der Waals surface area contributed by atoms with Crippen molar-refractivity contribution in [3.63, 3.8) is 0 Å². The number of hydrogen-bond acceptors (Lipinski definition) is 2. The van der Waals surface area contributed by atoms with Crippen molar-refractivity contribution in [2.45, 2.75) is 0 Å². The minimum Gasteiger partial charge on any atom is -0.229 e. The fourth-order valence-corrected chi connectivity index (χ4v) is 1.26. The molecule has 0 aliphatic carbocycles. The van der Waals surface area contributed by atoms with Gasteiger partial charge in [0.2, 0.25) is 0 Å². The lowest BCUT2D eigenvalue weighted by Gasteiger charge is -2.01. The van der Waals surface area contributed by atoms with Gasteiger partial charge in [-0.2, -0.15) is 0 Å². The number of nitrogens with zero attached hydrogens (tertiary/aromatic N) is 1. The van der Waals surface area contributed by atoms with Crippen LogP contribution in [-0.2, 0) is 0 Å². The van der Waals surface area contributed by atoms with Gasteiger partial charge < -0.3 is 0 Å².